The Morgan fingerprint density at radius 2 is 2.33 bits per heavy atom. The SMILES string of the molecule is CC(=NOCc1nc2c3c4c(sc3ncn2n1)CN(C)CC4)c1cccs1. The molecule has 4 aromatic rings. The van der Waals surface area contributed by atoms with Gasteiger partial charge in [0.25, 0.3) is 0 Å². The summed E-state index contributed by atoms with van der Waals surface area (Å²) in [6.07, 6.45) is 2.76. The van der Waals surface area contributed by atoms with Crippen molar-refractivity contribution >= 4 is 44.2 Å². The second-order valence-corrected chi connectivity index (χ2v) is 8.67. The maximum absolute atomic E-state index is 5.49. The molecule has 9 heteroatoms. The molecule has 0 fully saturated rings. The molecular formula is C18H18N6OS2. The lowest BCUT2D eigenvalue weighted by Crippen LogP contribution is -2.25. The largest absolute Gasteiger partial charge is 0.387 e. The van der Waals surface area contributed by atoms with Crippen molar-refractivity contribution in [3.05, 3.63) is 45.0 Å². The van der Waals surface area contributed by atoms with Gasteiger partial charge in [0.15, 0.2) is 18.1 Å². The highest BCUT2D eigenvalue weighted by molar-refractivity contribution is 7.19. The van der Waals surface area contributed by atoms with E-state index >= 15 is 0 Å². The summed E-state index contributed by atoms with van der Waals surface area (Å²) in [7, 11) is 2.15. The van der Waals surface area contributed by atoms with Crippen LogP contribution in [0.1, 0.15) is 28.1 Å². The monoisotopic (exact) mass is 398 g/mol. The normalized spacial score (nSPS) is 15.6. The lowest BCUT2D eigenvalue weighted by atomic mass is 10.1. The number of oxime groups is 1. The lowest BCUT2D eigenvalue weighted by Gasteiger charge is -2.21. The Bertz CT molecular complexity index is 1140. The molecule has 0 radical (unpaired) electrons. The van der Waals surface area contributed by atoms with E-state index in [-0.39, 0.29) is 6.61 Å². The molecule has 0 atom stereocenters. The van der Waals surface area contributed by atoms with Crippen LogP contribution in [0, 0.1) is 0 Å². The van der Waals surface area contributed by atoms with Gasteiger partial charge in [0, 0.05) is 18.0 Å². The van der Waals surface area contributed by atoms with Crippen molar-refractivity contribution < 1.29 is 4.84 Å². The number of hydrogen-bond donors (Lipinski definition) is 0. The van der Waals surface area contributed by atoms with Gasteiger partial charge in [-0.25, -0.2) is 14.5 Å². The molecule has 138 valence electrons. The predicted octanol–water partition coefficient (Wildman–Crippen LogP) is 3.33. The Labute approximate surface area is 163 Å². The van der Waals surface area contributed by atoms with Gasteiger partial charge in [-0.15, -0.1) is 27.8 Å². The third-order valence-corrected chi connectivity index (χ3v) is 6.79. The summed E-state index contributed by atoms with van der Waals surface area (Å²) in [5.74, 6) is 0.611. The lowest BCUT2D eigenvalue weighted by molar-refractivity contribution is 0.125. The number of thiophene rings is 2. The van der Waals surface area contributed by atoms with E-state index in [2.05, 4.69) is 27.2 Å². The quantitative estimate of drug-likeness (QED) is 0.390. The third kappa shape index (κ3) is 3.01. The van der Waals surface area contributed by atoms with Gasteiger partial charge >= 0.3 is 0 Å². The number of hydrogen-bond acceptors (Lipinski definition) is 8. The summed E-state index contributed by atoms with van der Waals surface area (Å²) in [6.45, 7) is 4.20. The molecule has 0 aliphatic carbocycles. The molecule has 27 heavy (non-hydrogen) atoms. The van der Waals surface area contributed by atoms with Gasteiger partial charge < -0.3 is 9.74 Å². The summed E-state index contributed by atoms with van der Waals surface area (Å²) in [5, 5.41) is 11.9. The van der Waals surface area contributed by atoms with Gasteiger partial charge in [-0.3, -0.25) is 0 Å². The van der Waals surface area contributed by atoms with E-state index in [4.69, 9.17) is 9.82 Å². The molecule has 0 saturated carbocycles. The van der Waals surface area contributed by atoms with E-state index in [1.807, 2.05) is 24.4 Å². The van der Waals surface area contributed by atoms with E-state index in [1.54, 1.807) is 33.5 Å². The first kappa shape index (κ1) is 16.8. The molecule has 0 bridgehead atoms. The summed E-state index contributed by atoms with van der Waals surface area (Å²) >= 11 is 3.40. The van der Waals surface area contributed by atoms with Crippen LogP contribution in [0.15, 0.2) is 29.0 Å². The molecule has 5 heterocycles. The van der Waals surface area contributed by atoms with Crippen LogP contribution in [0.2, 0.25) is 0 Å². The zero-order chi connectivity index (χ0) is 18.4. The van der Waals surface area contributed by atoms with Crippen LogP contribution in [-0.2, 0) is 24.4 Å². The fourth-order valence-electron chi connectivity index (χ4n) is 3.34. The topological polar surface area (TPSA) is 67.9 Å². The smallest absolute Gasteiger partial charge is 0.192 e. The molecule has 1 aliphatic rings. The van der Waals surface area contributed by atoms with Crippen LogP contribution in [0.5, 0.6) is 0 Å². The minimum Gasteiger partial charge on any atom is -0.387 e. The first-order valence-electron chi connectivity index (χ1n) is 8.72. The van der Waals surface area contributed by atoms with Gasteiger partial charge in [0.05, 0.1) is 16.0 Å². The van der Waals surface area contributed by atoms with E-state index < -0.39 is 0 Å². The average Bonchev–Trinajstić information content (AvgIpc) is 3.38. The van der Waals surface area contributed by atoms with Crippen molar-refractivity contribution in [2.24, 2.45) is 5.16 Å². The highest BCUT2D eigenvalue weighted by atomic mass is 32.1. The molecule has 1 aliphatic heterocycles. The van der Waals surface area contributed by atoms with Crippen LogP contribution in [0.3, 0.4) is 0 Å². The Kier molecular flexibility index (Phi) is 4.14. The van der Waals surface area contributed by atoms with E-state index in [0.29, 0.717) is 5.82 Å². The Morgan fingerprint density at radius 3 is 3.19 bits per heavy atom. The molecule has 0 unspecified atom stereocenters. The minimum absolute atomic E-state index is 0.237. The highest BCUT2D eigenvalue weighted by Crippen LogP contribution is 2.35. The van der Waals surface area contributed by atoms with Crippen LogP contribution in [0.25, 0.3) is 15.9 Å². The van der Waals surface area contributed by atoms with Gasteiger partial charge in [-0.2, -0.15) is 0 Å². The van der Waals surface area contributed by atoms with Crippen molar-refractivity contribution in [3.8, 4) is 0 Å². The van der Waals surface area contributed by atoms with Gasteiger partial charge in [0.1, 0.15) is 11.2 Å². The summed E-state index contributed by atoms with van der Waals surface area (Å²) < 4.78 is 1.75. The van der Waals surface area contributed by atoms with Crippen LogP contribution in [-0.4, -0.2) is 43.8 Å². The molecule has 0 saturated heterocycles. The Hall–Kier alpha value is -2.36. The first-order chi connectivity index (χ1) is 13.2. The number of fused-ring (bicyclic) bond motifs is 5. The third-order valence-electron chi connectivity index (χ3n) is 4.69. The number of nitrogens with zero attached hydrogens (tertiary/aromatic N) is 6. The van der Waals surface area contributed by atoms with Crippen molar-refractivity contribution in [3.63, 3.8) is 0 Å². The number of aromatic nitrogens is 4. The Morgan fingerprint density at radius 1 is 1.41 bits per heavy atom. The van der Waals surface area contributed by atoms with Crippen molar-refractivity contribution in [1.29, 1.82) is 0 Å². The first-order valence-corrected chi connectivity index (χ1v) is 10.4. The van der Waals surface area contributed by atoms with E-state index in [0.717, 1.165) is 46.0 Å². The zero-order valence-corrected chi connectivity index (χ0v) is 16.7. The fourth-order valence-corrected chi connectivity index (χ4v) is 5.27. The van der Waals surface area contributed by atoms with Gasteiger partial charge in [-0.1, -0.05) is 11.2 Å². The van der Waals surface area contributed by atoms with Crippen molar-refractivity contribution in [1.82, 2.24) is 24.5 Å². The van der Waals surface area contributed by atoms with Crippen molar-refractivity contribution in [2.45, 2.75) is 26.5 Å². The van der Waals surface area contributed by atoms with E-state index in [1.165, 1.54) is 10.4 Å². The summed E-state index contributed by atoms with van der Waals surface area (Å²) in [4.78, 5) is 20.6. The zero-order valence-electron chi connectivity index (χ0n) is 15.0. The van der Waals surface area contributed by atoms with E-state index in [9.17, 15) is 0 Å². The van der Waals surface area contributed by atoms with Crippen LogP contribution < -0.4 is 0 Å². The summed E-state index contributed by atoms with van der Waals surface area (Å²) in [5.41, 5.74) is 3.09. The second kappa shape index (κ2) is 6.66. The number of rotatable bonds is 4. The van der Waals surface area contributed by atoms with Gasteiger partial charge in [-0.05, 0) is 37.4 Å². The Balaban J connectivity index is 1.45. The second-order valence-electron chi connectivity index (χ2n) is 6.64. The highest BCUT2D eigenvalue weighted by Gasteiger charge is 2.22. The molecule has 5 rings (SSSR count). The molecule has 4 aromatic heterocycles. The van der Waals surface area contributed by atoms with Crippen LogP contribution in [0.4, 0.5) is 0 Å². The average molecular weight is 399 g/mol. The maximum atomic E-state index is 5.49. The molecule has 0 N–H and O–H groups in total. The summed E-state index contributed by atoms with van der Waals surface area (Å²) in [6, 6.07) is 4.02. The standard InChI is InChI=1S/C18H18N6OS2/c1-11(13-4-3-7-26-13)22-25-9-15-20-17-16-12-5-6-23(2)8-14(12)27-18(16)19-10-24(17)21-15/h3-4,7,10H,5-6,8-9H2,1-2H3. The fraction of sp³-hybridized carbons (Fsp3) is 0.333. The molecular weight excluding hydrogens is 380 g/mol. The molecule has 0 aromatic carbocycles. The minimum atomic E-state index is 0.237. The number of likely N-dealkylation sites (N-methyl/N-ethyl adjacent to an activating group) is 1. The maximum Gasteiger partial charge on any atom is 0.192 e. The molecule has 0 amide bonds. The predicted molar refractivity (Wildman–Crippen MR) is 108 cm³/mol. The van der Waals surface area contributed by atoms with Crippen LogP contribution >= 0.6 is 22.7 Å². The molecule has 7 nitrogen and oxygen atoms in total. The van der Waals surface area contributed by atoms with Gasteiger partial charge in [0.2, 0.25) is 0 Å². The molecule has 0 spiro atoms. The van der Waals surface area contributed by atoms with Crippen molar-refractivity contribution in [2.75, 3.05) is 13.6 Å².